The van der Waals surface area contributed by atoms with Crippen LogP contribution in [0.15, 0.2) is 60.8 Å². The van der Waals surface area contributed by atoms with E-state index in [-0.39, 0.29) is 24.9 Å². The summed E-state index contributed by atoms with van der Waals surface area (Å²) >= 11 is 0. The van der Waals surface area contributed by atoms with E-state index in [4.69, 9.17) is 4.74 Å². The maximum absolute atomic E-state index is 13.1. The molecule has 0 aromatic rings. The average Bonchev–Trinajstić information content (AvgIpc) is 3.18. The molecule has 0 aliphatic rings. The van der Waals surface area contributed by atoms with Crippen molar-refractivity contribution in [2.24, 2.45) is 0 Å². The standard InChI is InChI=1S/C49H87NO5/c1-4-7-10-13-16-19-22-24-26-29-32-35-38-41-47(52)46(44-51)50-48(53)43-45(40-37-34-31-28-21-18-15-12-9-6-3)55-49(54)42-39-36-33-30-27-25-23-20-17-14-11-8-5-2/h8,11,14,17-18,20-21,23,25,27,45-47,51-52H,4-7,9-10,12-13,15-16,19,22,24,26,28-44H2,1-3H3,(H,50,53)/b11-8+,17-14+,21-18-,23-20-,27-25-. The first-order valence-corrected chi connectivity index (χ1v) is 23.1. The molecule has 0 heterocycles. The Bertz CT molecular complexity index is 999. The zero-order valence-electron chi connectivity index (χ0n) is 36.0. The molecule has 3 unspecified atom stereocenters. The summed E-state index contributed by atoms with van der Waals surface area (Å²) in [6.45, 7) is 6.28. The summed E-state index contributed by atoms with van der Waals surface area (Å²) in [4.78, 5) is 25.9. The van der Waals surface area contributed by atoms with Crippen LogP contribution in [0.25, 0.3) is 0 Å². The Hall–Kier alpha value is -2.44. The third-order valence-corrected chi connectivity index (χ3v) is 10.2. The number of aliphatic hydroxyl groups excluding tert-OH is 2. The minimum atomic E-state index is -0.798. The highest BCUT2D eigenvalue weighted by Gasteiger charge is 2.24. The van der Waals surface area contributed by atoms with Crippen LogP contribution in [0.5, 0.6) is 0 Å². The van der Waals surface area contributed by atoms with Crippen LogP contribution in [0.3, 0.4) is 0 Å². The van der Waals surface area contributed by atoms with E-state index in [1.807, 2.05) is 30.4 Å². The van der Waals surface area contributed by atoms with Crippen LogP contribution in [0.4, 0.5) is 0 Å². The molecule has 0 rings (SSSR count). The zero-order chi connectivity index (χ0) is 40.3. The monoisotopic (exact) mass is 770 g/mol. The summed E-state index contributed by atoms with van der Waals surface area (Å²) in [7, 11) is 0. The van der Waals surface area contributed by atoms with Gasteiger partial charge in [-0.1, -0.05) is 191 Å². The summed E-state index contributed by atoms with van der Waals surface area (Å²) in [6, 6.07) is -0.714. The molecule has 3 N–H and O–H groups in total. The van der Waals surface area contributed by atoms with E-state index in [1.165, 1.54) is 83.5 Å². The Morgan fingerprint density at radius 1 is 0.545 bits per heavy atom. The van der Waals surface area contributed by atoms with Gasteiger partial charge in [-0.15, -0.1) is 0 Å². The van der Waals surface area contributed by atoms with Gasteiger partial charge in [0.1, 0.15) is 6.10 Å². The third kappa shape index (κ3) is 38.2. The predicted octanol–water partition coefficient (Wildman–Crippen LogP) is 13.3. The molecule has 3 atom stereocenters. The van der Waals surface area contributed by atoms with Crippen molar-refractivity contribution in [3.63, 3.8) is 0 Å². The number of hydrogen-bond donors (Lipinski definition) is 3. The minimum absolute atomic E-state index is 0.0490. The van der Waals surface area contributed by atoms with Crippen LogP contribution in [0.1, 0.15) is 213 Å². The lowest BCUT2D eigenvalue weighted by Crippen LogP contribution is -2.46. The van der Waals surface area contributed by atoms with Crippen molar-refractivity contribution in [2.75, 3.05) is 6.61 Å². The number of aliphatic hydroxyl groups is 2. The molecular weight excluding hydrogens is 683 g/mol. The highest BCUT2D eigenvalue weighted by molar-refractivity contribution is 5.77. The largest absolute Gasteiger partial charge is 0.462 e. The molecule has 1 amide bonds. The molecule has 0 spiro atoms. The molecule has 0 aromatic carbocycles. The topological polar surface area (TPSA) is 95.9 Å². The second kappa shape index (κ2) is 42.7. The second-order valence-corrected chi connectivity index (χ2v) is 15.5. The van der Waals surface area contributed by atoms with Gasteiger partial charge < -0.3 is 20.3 Å². The first-order valence-electron chi connectivity index (χ1n) is 23.1. The Labute approximate surface area is 339 Å². The molecule has 0 aromatic heterocycles. The number of carbonyl (C=O) groups excluding carboxylic acids is 2. The van der Waals surface area contributed by atoms with Crippen LogP contribution in [0, 0.1) is 0 Å². The van der Waals surface area contributed by atoms with Crippen molar-refractivity contribution in [3.05, 3.63) is 60.8 Å². The molecule has 0 radical (unpaired) electrons. The number of hydrogen-bond acceptors (Lipinski definition) is 5. The van der Waals surface area contributed by atoms with E-state index in [2.05, 4.69) is 56.5 Å². The van der Waals surface area contributed by atoms with Crippen molar-refractivity contribution < 1.29 is 24.5 Å². The number of rotatable bonds is 40. The number of allylic oxidation sites excluding steroid dienone is 10. The smallest absolute Gasteiger partial charge is 0.306 e. The summed E-state index contributed by atoms with van der Waals surface area (Å²) in [5.41, 5.74) is 0. The maximum atomic E-state index is 13.1. The number of amides is 1. The number of carbonyl (C=O) groups is 2. The van der Waals surface area contributed by atoms with Gasteiger partial charge in [0.25, 0.3) is 0 Å². The molecule has 6 nitrogen and oxygen atoms in total. The van der Waals surface area contributed by atoms with Crippen LogP contribution < -0.4 is 5.32 Å². The van der Waals surface area contributed by atoms with Crippen molar-refractivity contribution in [3.8, 4) is 0 Å². The van der Waals surface area contributed by atoms with Crippen LogP contribution in [0.2, 0.25) is 0 Å². The molecule has 0 aliphatic carbocycles. The van der Waals surface area contributed by atoms with Gasteiger partial charge >= 0.3 is 5.97 Å². The lowest BCUT2D eigenvalue weighted by Gasteiger charge is -2.24. The molecular formula is C49H87NO5. The molecule has 0 bridgehead atoms. The highest BCUT2D eigenvalue weighted by Crippen LogP contribution is 2.17. The number of ether oxygens (including phenoxy) is 1. The summed E-state index contributed by atoms with van der Waals surface area (Å²) in [5, 5.41) is 23.6. The highest BCUT2D eigenvalue weighted by atomic mass is 16.5. The lowest BCUT2D eigenvalue weighted by molar-refractivity contribution is -0.151. The van der Waals surface area contributed by atoms with E-state index < -0.39 is 18.2 Å². The molecule has 0 fully saturated rings. The van der Waals surface area contributed by atoms with Gasteiger partial charge in [-0.25, -0.2) is 0 Å². The van der Waals surface area contributed by atoms with Gasteiger partial charge in [0, 0.05) is 6.42 Å². The van der Waals surface area contributed by atoms with Crippen LogP contribution >= 0.6 is 0 Å². The van der Waals surface area contributed by atoms with Gasteiger partial charge in [0.2, 0.25) is 5.91 Å². The molecule has 0 saturated carbocycles. The fraction of sp³-hybridized carbons (Fsp3) is 0.755. The third-order valence-electron chi connectivity index (χ3n) is 10.2. The minimum Gasteiger partial charge on any atom is -0.462 e. The van der Waals surface area contributed by atoms with E-state index in [1.54, 1.807) is 0 Å². The van der Waals surface area contributed by atoms with Gasteiger partial charge in [0.15, 0.2) is 0 Å². The zero-order valence-corrected chi connectivity index (χ0v) is 36.0. The van der Waals surface area contributed by atoms with Crippen molar-refractivity contribution in [2.45, 2.75) is 232 Å². The first kappa shape index (κ1) is 52.6. The van der Waals surface area contributed by atoms with Crippen molar-refractivity contribution in [1.82, 2.24) is 5.32 Å². The predicted molar refractivity (Wildman–Crippen MR) is 236 cm³/mol. The Morgan fingerprint density at radius 3 is 1.58 bits per heavy atom. The number of unbranched alkanes of at least 4 members (excludes halogenated alkanes) is 21. The Balaban J connectivity index is 4.63. The SMILES string of the molecule is CC/C=C/C=C/C=C\C=C/CCCCCC(=O)OC(CCCCC/C=C\CCCCC)CC(=O)NC(CO)C(O)CCCCCCCCCCCCCCC. The lowest BCUT2D eigenvalue weighted by atomic mass is 10.0. The van der Waals surface area contributed by atoms with E-state index in [9.17, 15) is 19.8 Å². The summed E-state index contributed by atoms with van der Waals surface area (Å²) in [6.07, 6.45) is 51.4. The molecule has 6 heteroatoms. The maximum Gasteiger partial charge on any atom is 0.306 e. The van der Waals surface area contributed by atoms with E-state index in [0.29, 0.717) is 19.3 Å². The quantitative estimate of drug-likeness (QED) is 0.0250. The molecule has 318 valence electrons. The van der Waals surface area contributed by atoms with Gasteiger partial charge in [-0.05, 0) is 70.6 Å². The van der Waals surface area contributed by atoms with Gasteiger partial charge in [-0.2, -0.15) is 0 Å². The number of esters is 1. The summed E-state index contributed by atoms with van der Waals surface area (Å²) < 4.78 is 5.87. The fourth-order valence-electron chi connectivity index (χ4n) is 6.67. The van der Waals surface area contributed by atoms with E-state index in [0.717, 1.165) is 83.5 Å². The van der Waals surface area contributed by atoms with Crippen LogP contribution in [-0.2, 0) is 14.3 Å². The fourth-order valence-corrected chi connectivity index (χ4v) is 6.67. The van der Waals surface area contributed by atoms with Gasteiger partial charge in [0.05, 0.1) is 25.2 Å². The molecule has 0 aliphatic heterocycles. The number of nitrogens with one attached hydrogen (secondary N) is 1. The Morgan fingerprint density at radius 2 is 1.00 bits per heavy atom. The van der Waals surface area contributed by atoms with Gasteiger partial charge in [-0.3, -0.25) is 9.59 Å². The van der Waals surface area contributed by atoms with Crippen molar-refractivity contribution in [1.29, 1.82) is 0 Å². The van der Waals surface area contributed by atoms with Crippen molar-refractivity contribution >= 4 is 11.9 Å². The van der Waals surface area contributed by atoms with Crippen LogP contribution in [-0.4, -0.2) is 46.9 Å². The van der Waals surface area contributed by atoms with E-state index >= 15 is 0 Å². The molecule has 0 saturated heterocycles. The Kier molecular flexibility index (Phi) is 40.8. The second-order valence-electron chi connectivity index (χ2n) is 15.5. The summed E-state index contributed by atoms with van der Waals surface area (Å²) in [5.74, 6) is -0.540. The normalized spacial score (nSPS) is 13.9. The first-order chi connectivity index (χ1) is 27.0. The average molecular weight is 770 g/mol. The molecule has 55 heavy (non-hydrogen) atoms.